The Labute approximate surface area is 108 Å². The van der Waals surface area contributed by atoms with E-state index in [0.717, 1.165) is 38.2 Å². The van der Waals surface area contributed by atoms with Crippen LogP contribution in [-0.2, 0) is 6.54 Å². The lowest BCUT2D eigenvalue weighted by atomic mass is 10.0. The molecular formula is C15H20N2O. The lowest BCUT2D eigenvalue weighted by molar-refractivity contribution is 0.283. The summed E-state index contributed by atoms with van der Waals surface area (Å²) >= 11 is 0. The SMILES string of the molecule is CCC(=NO)C1=CCCN(Cc2ccccc2)C1. The first-order valence-corrected chi connectivity index (χ1v) is 6.50. The molecule has 1 aromatic carbocycles. The maximum atomic E-state index is 8.98. The van der Waals surface area contributed by atoms with Crippen molar-refractivity contribution in [2.24, 2.45) is 5.16 Å². The summed E-state index contributed by atoms with van der Waals surface area (Å²) in [7, 11) is 0. The third-order valence-corrected chi connectivity index (χ3v) is 3.31. The number of nitrogens with zero attached hydrogens (tertiary/aromatic N) is 2. The Morgan fingerprint density at radius 2 is 2.11 bits per heavy atom. The molecule has 1 aliphatic heterocycles. The van der Waals surface area contributed by atoms with Crippen molar-refractivity contribution in [3.8, 4) is 0 Å². The smallest absolute Gasteiger partial charge is 0.0834 e. The van der Waals surface area contributed by atoms with Gasteiger partial charge in [-0.15, -0.1) is 0 Å². The van der Waals surface area contributed by atoms with Gasteiger partial charge in [-0.3, -0.25) is 4.90 Å². The van der Waals surface area contributed by atoms with Gasteiger partial charge in [0.1, 0.15) is 0 Å². The summed E-state index contributed by atoms with van der Waals surface area (Å²) in [5.41, 5.74) is 3.31. The van der Waals surface area contributed by atoms with Gasteiger partial charge in [0.25, 0.3) is 0 Å². The summed E-state index contributed by atoms with van der Waals surface area (Å²) in [5, 5.41) is 12.4. The Bertz CT molecular complexity index is 437. The van der Waals surface area contributed by atoms with E-state index in [-0.39, 0.29) is 0 Å². The monoisotopic (exact) mass is 244 g/mol. The Morgan fingerprint density at radius 1 is 1.33 bits per heavy atom. The molecule has 2 rings (SSSR count). The second kappa shape index (κ2) is 6.36. The Morgan fingerprint density at radius 3 is 2.78 bits per heavy atom. The average Bonchev–Trinajstić information content (AvgIpc) is 2.42. The predicted molar refractivity (Wildman–Crippen MR) is 73.9 cm³/mol. The van der Waals surface area contributed by atoms with Crippen molar-refractivity contribution >= 4 is 5.71 Å². The third-order valence-electron chi connectivity index (χ3n) is 3.31. The van der Waals surface area contributed by atoms with Crippen LogP contribution in [0.25, 0.3) is 0 Å². The second-order valence-electron chi connectivity index (χ2n) is 4.61. The van der Waals surface area contributed by atoms with E-state index >= 15 is 0 Å². The van der Waals surface area contributed by atoms with Crippen LogP contribution < -0.4 is 0 Å². The van der Waals surface area contributed by atoms with Gasteiger partial charge in [-0.25, -0.2) is 0 Å². The van der Waals surface area contributed by atoms with Crippen molar-refractivity contribution in [1.29, 1.82) is 0 Å². The maximum absolute atomic E-state index is 8.98. The summed E-state index contributed by atoms with van der Waals surface area (Å²) in [6.45, 7) is 4.93. The number of hydrogen-bond donors (Lipinski definition) is 1. The molecule has 0 saturated heterocycles. The van der Waals surface area contributed by atoms with Crippen LogP contribution >= 0.6 is 0 Å². The molecule has 0 atom stereocenters. The van der Waals surface area contributed by atoms with E-state index in [1.54, 1.807) is 0 Å². The topological polar surface area (TPSA) is 35.8 Å². The van der Waals surface area contributed by atoms with Crippen LogP contribution in [0.3, 0.4) is 0 Å². The maximum Gasteiger partial charge on any atom is 0.0834 e. The minimum absolute atomic E-state index is 0.779. The van der Waals surface area contributed by atoms with E-state index < -0.39 is 0 Å². The van der Waals surface area contributed by atoms with Crippen molar-refractivity contribution in [1.82, 2.24) is 4.90 Å². The van der Waals surface area contributed by atoms with Gasteiger partial charge in [0.05, 0.1) is 5.71 Å². The molecule has 0 bridgehead atoms. The number of benzene rings is 1. The Balaban J connectivity index is 2.00. The van der Waals surface area contributed by atoms with E-state index in [1.807, 2.05) is 13.0 Å². The van der Waals surface area contributed by atoms with Crippen LogP contribution in [0, 0.1) is 0 Å². The average molecular weight is 244 g/mol. The summed E-state index contributed by atoms with van der Waals surface area (Å²) in [4.78, 5) is 2.39. The summed E-state index contributed by atoms with van der Waals surface area (Å²) in [6, 6.07) is 10.5. The highest BCUT2D eigenvalue weighted by atomic mass is 16.4. The summed E-state index contributed by atoms with van der Waals surface area (Å²) < 4.78 is 0. The lowest BCUT2D eigenvalue weighted by Crippen LogP contribution is -2.31. The summed E-state index contributed by atoms with van der Waals surface area (Å²) in [6.07, 6.45) is 4.00. The van der Waals surface area contributed by atoms with E-state index in [2.05, 4.69) is 40.4 Å². The number of hydrogen-bond acceptors (Lipinski definition) is 3. The highest BCUT2D eigenvalue weighted by molar-refractivity contribution is 6.00. The molecule has 0 saturated carbocycles. The fourth-order valence-corrected chi connectivity index (χ4v) is 2.35. The Kier molecular flexibility index (Phi) is 4.53. The molecule has 96 valence electrons. The largest absolute Gasteiger partial charge is 0.411 e. The van der Waals surface area contributed by atoms with Crippen molar-refractivity contribution in [3.05, 3.63) is 47.5 Å². The molecule has 0 aromatic heterocycles. The molecule has 0 spiro atoms. The molecule has 0 amide bonds. The number of rotatable bonds is 4. The van der Waals surface area contributed by atoms with E-state index in [4.69, 9.17) is 5.21 Å². The fraction of sp³-hybridized carbons (Fsp3) is 0.400. The van der Waals surface area contributed by atoms with Crippen LogP contribution in [0.15, 0.2) is 47.1 Å². The first-order chi connectivity index (χ1) is 8.83. The van der Waals surface area contributed by atoms with Gasteiger partial charge >= 0.3 is 0 Å². The second-order valence-corrected chi connectivity index (χ2v) is 4.61. The highest BCUT2D eigenvalue weighted by Gasteiger charge is 2.16. The molecule has 0 radical (unpaired) electrons. The van der Waals surface area contributed by atoms with Crippen LogP contribution in [0.1, 0.15) is 25.3 Å². The zero-order chi connectivity index (χ0) is 12.8. The predicted octanol–water partition coefficient (Wildman–Crippen LogP) is 3.06. The number of oxime groups is 1. The van der Waals surface area contributed by atoms with Crippen molar-refractivity contribution in [2.45, 2.75) is 26.3 Å². The highest BCUT2D eigenvalue weighted by Crippen LogP contribution is 2.15. The zero-order valence-electron chi connectivity index (χ0n) is 10.8. The molecule has 0 fully saturated rings. The van der Waals surface area contributed by atoms with Gasteiger partial charge in [-0.2, -0.15) is 0 Å². The normalized spacial score (nSPS) is 17.6. The minimum Gasteiger partial charge on any atom is -0.411 e. The molecule has 3 heteroatoms. The first kappa shape index (κ1) is 12.8. The van der Waals surface area contributed by atoms with Crippen LogP contribution in [0.2, 0.25) is 0 Å². The van der Waals surface area contributed by atoms with Crippen LogP contribution in [-0.4, -0.2) is 28.9 Å². The van der Waals surface area contributed by atoms with E-state index in [1.165, 1.54) is 11.1 Å². The molecule has 0 unspecified atom stereocenters. The van der Waals surface area contributed by atoms with Gasteiger partial charge in [-0.05, 0) is 24.0 Å². The molecule has 18 heavy (non-hydrogen) atoms. The lowest BCUT2D eigenvalue weighted by Gasteiger charge is -2.27. The zero-order valence-corrected chi connectivity index (χ0v) is 10.8. The van der Waals surface area contributed by atoms with Crippen LogP contribution in [0.4, 0.5) is 0 Å². The van der Waals surface area contributed by atoms with Crippen LogP contribution in [0.5, 0.6) is 0 Å². The van der Waals surface area contributed by atoms with Gasteiger partial charge in [-0.1, -0.05) is 48.5 Å². The van der Waals surface area contributed by atoms with Crippen molar-refractivity contribution in [2.75, 3.05) is 13.1 Å². The Hall–Kier alpha value is -1.61. The van der Waals surface area contributed by atoms with E-state index in [0.29, 0.717) is 0 Å². The molecule has 1 aromatic rings. The van der Waals surface area contributed by atoms with Gasteiger partial charge < -0.3 is 5.21 Å². The third kappa shape index (κ3) is 3.20. The van der Waals surface area contributed by atoms with Gasteiger partial charge in [0, 0.05) is 19.6 Å². The van der Waals surface area contributed by atoms with Gasteiger partial charge in [0.15, 0.2) is 0 Å². The standard InChI is InChI=1S/C15H20N2O/c1-2-15(16-18)14-9-6-10-17(12-14)11-13-7-4-3-5-8-13/h3-5,7-9,18H,2,6,10-12H2,1H3. The molecule has 0 aliphatic carbocycles. The molecule has 3 nitrogen and oxygen atoms in total. The van der Waals surface area contributed by atoms with Crippen molar-refractivity contribution in [3.63, 3.8) is 0 Å². The minimum atomic E-state index is 0.779. The van der Waals surface area contributed by atoms with Crippen molar-refractivity contribution < 1.29 is 5.21 Å². The summed E-state index contributed by atoms with van der Waals surface area (Å²) in [5.74, 6) is 0. The first-order valence-electron chi connectivity index (χ1n) is 6.50. The molecular weight excluding hydrogens is 224 g/mol. The van der Waals surface area contributed by atoms with E-state index in [9.17, 15) is 0 Å². The molecule has 1 heterocycles. The fourth-order valence-electron chi connectivity index (χ4n) is 2.35. The molecule has 1 N–H and O–H groups in total. The molecule has 1 aliphatic rings. The quantitative estimate of drug-likeness (QED) is 0.502. The van der Waals surface area contributed by atoms with Gasteiger partial charge in [0.2, 0.25) is 0 Å².